The third-order valence-electron chi connectivity index (χ3n) is 2.39. The number of hydrogen-bond donors (Lipinski definition) is 1. The molecule has 4 nitrogen and oxygen atoms in total. The molecule has 1 heterocycles. The summed E-state index contributed by atoms with van der Waals surface area (Å²) in [4.78, 5) is 8.52. The fourth-order valence-corrected chi connectivity index (χ4v) is 2.11. The fourth-order valence-electron chi connectivity index (χ4n) is 1.57. The van der Waals surface area contributed by atoms with Crippen LogP contribution in [0.5, 0.6) is 5.75 Å². The number of ether oxygens (including phenoxy) is 1. The first-order chi connectivity index (χ1) is 8.26. The normalized spacial score (nSPS) is 10.3. The fraction of sp³-hybridized carbons (Fsp3) is 0.167. The molecule has 0 aliphatic heterocycles. The van der Waals surface area contributed by atoms with Gasteiger partial charge in [-0.15, -0.1) is 0 Å². The molecule has 0 spiro atoms. The third kappa shape index (κ3) is 2.45. The van der Waals surface area contributed by atoms with Crippen LogP contribution >= 0.6 is 15.9 Å². The molecule has 2 rings (SSSR count). The number of methoxy groups -OCH3 is 1. The molecular weight excluding hydrogens is 282 g/mol. The molecule has 0 saturated heterocycles. The minimum atomic E-state index is 0.368. The Labute approximate surface area is 108 Å². The third-order valence-corrected chi connectivity index (χ3v) is 3.01. The highest BCUT2D eigenvalue weighted by atomic mass is 79.9. The van der Waals surface area contributed by atoms with E-state index in [-0.39, 0.29) is 0 Å². The Morgan fingerprint density at radius 2 is 2.06 bits per heavy atom. The average Bonchev–Trinajstić information content (AvgIpc) is 2.38. The Balaban J connectivity index is 2.49. The van der Waals surface area contributed by atoms with Crippen molar-refractivity contribution in [2.24, 2.45) is 5.73 Å². The number of rotatable bonds is 3. The SMILES string of the molecule is COc1ccc(-c2nccnc2CN)cc1Br. The van der Waals surface area contributed by atoms with E-state index in [4.69, 9.17) is 10.5 Å². The number of benzene rings is 1. The highest BCUT2D eigenvalue weighted by Crippen LogP contribution is 2.30. The molecule has 1 aromatic carbocycles. The number of nitrogens with zero attached hydrogens (tertiary/aromatic N) is 2. The molecule has 0 radical (unpaired) electrons. The van der Waals surface area contributed by atoms with E-state index in [2.05, 4.69) is 25.9 Å². The number of halogens is 1. The summed E-state index contributed by atoms with van der Waals surface area (Å²) >= 11 is 3.45. The van der Waals surface area contributed by atoms with Crippen LogP contribution in [0.2, 0.25) is 0 Å². The average molecular weight is 294 g/mol. The molecule has 0 fully saturated rings. The van der Waals surface area contributed by atoms with Crippen LogP contribution in [0.3, 0.4) is 0 Å². The second-order valence-corrected chi connectivity index (χ2v) is 4.26. The Kier molecular flexibility index (Phi) is 3.71. The largest absolute Gasteiger partial charge is 0.496 e. The number of nitrogens with two attached hydrogens (primary N) is 1. The van der Waals surface area contributed by atoms with Gasteiger partial charge in [-0.25, -0.2) is 0 Å². The first-order valence-corrected chi connectivity index (χ1v) is 5.89. The highest BCUT2D eigenvalue weighted by Gasteiger charge is 2.08. The lowest BCUT2D eigenvalue weighted by Crippen LogP contribution is -2.03. The molecule has 0 amide bonds. The zero-order valence-electron chi connectivity index (χ0n) is 9.35. The summed E-state index contributed by atoms with van der Waals surface area (Å²) < 4.78 is 6.07. The van der Waals surface area contributed by atoms with Gasteiger partial charge in [-0.1, -0.05) is 0 Å². The Bertz CT molecular complexity index is 531. The van der Waals surface area contributed by atoms with E-state index < -0.39 is 0 Å². The van der Waals surface area contributed by atoms with Crippen LogP contribution in [0, 0.1) is 0 Å². The Morgan fingerprint density at radius 1 is 1.29 bits per heavy atom. The van der Waals surface area contributed by atoms with Crippen molar-refractivity contribution in [2.75, 3.05) is 7.11 Å². The molecule has 5 heteroatoms. The summed E-state index contributed by atoms with van der Waals surface area (Å²) in [7, 11) is 1.63. The van der Waals surface area contributed by atoms with Gasteiger partial charge in [0.25, 0.3) is 0 Å². The van der Waals surface area contributed by atoms with Gasteiger partial charge < -0.3 is 10.5 Å². The van der Waals surface area contributed by atoms with Crippen molar-refractivity contribution in [3.8, 4) is 17.0 Å². The predicted molar refractivity (Wildman–Crippen MR) is 69.6 cm³/mol. The zero-order chi connectivity index (χ0) is 12.3. The second kappa shape index (κ2) is 5.25. The topological polar surface area (TPSA) is 61.0 Å². The summed E-state index contributed by atoms with van der Waals surface area (Å²) in [5.41, 5.74) is 8.19. The predicted octanol–water partition coefficient (Wildman–Crippen LogP) is 2.37. The lowest BCUT2D eigenvalue weighted by Gasteiger charge is -2.08. The van der Waals surface area contributed by atoms with Crippen LogP contribution in [0.1, 0.15) is 5.69 Å². The molecule has 0 atom stereocenters. The molecule has 0 saturated carbocycles. The first kappa shape index (κ1) is 12.0. The Morgan fingerprint density at radius 3 is 2.71 bits per heavy atom. The second-order valence-electron chi connectivity index (χ2n) is 3.41. The molecule has 88 valence electrons. The van der Waals surface area contributed by atoms with Crippen LogP contribution in [0.25, 0.3) is 11.3 Å². The van der Waals surface area contributed by atoms with Crippen molar-refractivity contribution in [1.82, 2.24) is 9.97 Å². The maximum absolute atomic E-state index is 5.64. The molecule has 2 N–H and O–H groups in total. The molecule has 17 heavy (non-hydrogen) atoms. The molecule has 0 bridgehead atoms. The van der Waals surface area contributed by atoms with Gasteiger partial charge in [-0.2, -0.15) is 0 Å². The van der Waals surface area contributed by atoms with E-state index in [1.807, 2.05) is 18.2 Å². The first-order valence-electron chi connectivity index (χ1n) is 5.10. The van der Waals surface area contributed by atoms with Gasteiger partial charge in [0.15, 0.2) is 0 Å². The standard InChI is InChI=1S/C12H12BrN3O/c1-17-11-3-2-8(6-9(11)13)12-10(7-14)15-4-5-16-12/h2-6H,7,14H2,1H3. The van der Waals surface area contributed by atoms with Crippen LogP contribution < -0.4 is 10.5 Å². The maximum atomic E-state index is 5.64. The van der Waals surface area contributed by atoms with Crippen LogP contribution in [-0.4, -0.2) is 17.1 Å². The quantitative estimate of drug-likeness (QED) is 0.944. The summed E-state index contributed by atoms with van der Waals surface area (Å²) in [5, 5.41) is 0. The minimum absolute atomic E-state index is 0.368. The van der Waals surface area contributed by atoms with Gasteiger partial charge in [0.05, 0.1) is 23.0 Å². The summed E-state index contributed by atoms with van der Waals surface area (Å²) in [5.74, 6) is 0.784. The van der Waals surface area contributed by atoms with Crippen molar-refractivity contribution < 1.29 is 4.74 Å². The van der Waals surface area contributed by atoms with E-state index in [1.165, 1.54) is 0 Å². The molecule has 2 aromatic rings. The molecule has 0 unspecified atom stereocenters. The van der Waals surface area contributed by atoms with Gasteiger partial charge >= 0.3 is 0 Å². The maximum Gasteiger partial charge on any atom is 0.133 e. The van der Waals surface area contributed by atoms with Gasteiger partial charge in [-0.05, 0) is 34.1 Å². The molecule has 1 aromatic heterocycles. The monoisotopic (exact) mass is 293 g/mol. The lowest BCUT2D eigenvalue weighted by atomic mass is 10.1. The van der Waals surface area contributed by atoms with E-state index in [0.717, 1.165) is 27.2 Å². The van der Waals surface area contributed by atoms with Crippen LogP contribution in [0.4, 0.5) is 0 Å². The van der Waals surface area contributed by atoms with Gasteiger partial charge in [0, 0.05) is 24.5 Å². The molecular formula is C12H12BrN3O. The van der Waals surface area contributed by atoms with Crippen LogP contribution in [0.15, 0.2) is 35.1 Å². The van der Waals surface area contributed by atoms with Gasteiger partial charge in [0.1, 0.15) is 5.75 Å². The van der Waals surface area contributed by atoms with E-state index >= 15 is 0 Å². The summed E-state index contributed by atoms with van der Waals surface area (Å²) in [6, 6.07) is 5.77. The summed E-state index contributed by atoms with van der Waals surface area (Å²) in [6.45, 7) is 0.368. The zero-order valence-corrected chi connectivity index (χ0v) is 10.9. The van der Waals surface area contributed by atoms with E-state index in [1.54, 1.807) is 19.5 Å². The van der Waals surface area contributed by atoms with Crippen molar-refractivity contribution in [3.63, 3.8) is 0 Å². The molecule has 0 aliphatic carbocycles. The Hall–Kier alpha value is -1.46. The van der Waals surface area contributed by atoms with E-state index in [9.17, 15) is 0 Å². The highest BCUT2D eigenvalue weighted by molar-refractivity contribution is 9.10. The van der Waals surface area contributed by atoms with Crippen molar-refractivity contribution in [2.45, 2.75) is 6.54 Å². The minimum Gasteiger partial charge on any atom is -0.496 e. The van der Waals surface area contributed by atoms with E-state index in [0.29, 0.717) is 6.54 Å². The van der Waals surface area contributed by atoms with Crippen molar-refractivity contribution in [3.05, 3.63) is 40.8 Å². The molecule has 0 aliphatic rings. The number of hydrogen-bond acceptors (Lipinski definition) is 4. The van der Waals surface area contributed by atoms with Crippen molar-refractivity contribution in [1.29, 1.82) is 0 Å². The van der Waals surface area contributed by atoms with Crippen molar-refractivity contribution >= 4 is 15.9 Å². The lowest BCUT2D eigenvalue weighted by molar-refractivity contribution is 0.412. The smallest absolute Gasteiger partial charge is 0.133 e. The van der Waals surface area contributed by atoms with Gasteiger partial charge in [0.2, 0.25) is 0 Å². The van der Waals surface area contributed by atoms with Crippen LogP contribution in [-0.2, 0) is 6.54 Å². The summed E-state index contributed by atoms with van der Waals surface area (Å²) in [6.07, 6.45) is 3.30. The van der Waals surface area contributed by atoms with Gasteiger partial charge in [-0.3, -0.25) is 9.97 Å². The number of aromatic nitrogens is 2.